The maximum atomic E-state index is 12.0. The SMILES string of the molecule is C#CCCNC(=O)CC12CC3CC(CC(C3)C1)C2. The van der Waals surface area contributed by atoms with Crippen molar-refractivity contribution in [3.8, 4) is 12.3 Å². The van der Waals surface area contributed by atoms with E-state index >= 15 is 0 Å². The van der Waals surface area contributed by atoms with E-state index in [0.29, 0.717) is 18.4 Å². The van der Waals surface area contributed by atoms with Gasteiger partial charge in [0.25, 0.3) is 0 Å². The van der Waals surface area contributed by atoms with Gasteiger partial charge in [-0.2, -0.15) is 0 Å². The van der Waals surface area contributed by atoms with Gasteiger partial charge in [0.05, 0.1) is 0 Å². The van der Waals surface area contributed by atoms with Crippen molar-refractivity contribution in [1.29, 1.82) is 0 Å². The first-order valence-electron chi connectivity index (χ1n) is 7.39. The van der Waals surface area contributed by atoms with Crippen LogP contribution in [0, 0.1) is 35.5 Å². The minimum absolute atomic E-state index is 0.229. The Kier molecular flexibility index (Phi) is 3.09. The summed E-state index contributed by atoms with van der Waals surface area (Å²) in [6, 6.07) is 0. The highest BCUT2D eigenvalue weighted by Gasteiger charge is 2.51. The van der Waals surface area contributed by atoms with Crippen molar-refractivity contribution in [2.75, 3.05) is 6.54 Å². The molecule has 0 aromatic carbocycles. The number of carbonyl (C=O) groups excluding carboxylic acids is 1. The Bertz CT molecular complexity index is 344. The number of nitrogens with one attached hydrogen (secondary N) is 1. The summed E-state index contributed by atoms with van der Waals surface area (Å²) in [7, 11) is 0. The van der Waals surface area contributed by atoms with Gasteiger partial charge < -0.3 is 5.32 Å². The van der Waals surface area contributed by atoms with E-state index in [-0.39, 0.29) is 5.91 Å². The predicted molar refractivity (Wildman–Crippen MR) is 71.7 cm³/mol. The second-order valence-electron chi connectivity index (χ2n) is 6.90. The standard InChI is InChI=1S/C16H23NO/c1-2-3-4-17-15(18)11-16-8-12-5-13(9-16)7-14(6-12)10-16/h1,12-14H,3-11H2,(H,17,18). The van der Waals surface area contributed by atoms with Gasteiger partial charge in [-0.05, 0) is 61.7 Å². The zero-order chi connectivity index (χ0) is 12.6. The molecule has 18 heavy (non-hydrogen) atoms. The van der Waals surface area contributed by atoms with Gasteiger partial charge in [-0.25, -0.2) is 0 Å². The van der Waals surface area contributed by atoms with Gasteiger partial charge in [0.2, 0.25) is 5.91 Å². The molecular formula is C16H23NO. The van der Waals surface area contributed by atoms with Crippen LogP contribution in [-0.2, 0) is 4.79 Å². The lowest BCUT2D eigenvalue weighted by Gasteiger charge is -2.56. The summed E-state index contributed by atoms with van der Waals surface area (Å²) in [4.78, 5) is 12.0. The molecule has 0 atom stereocenters. The Balaban J connectivity index is 1.59. The van der Waals surface area contributed by atoms with E-state index in [9.17, 15) is 4.79 Å². The van der Waals surface area contributed by atoms with E-state index in [1.54, 1.807) is 0 Å². The van der Waals surface area contributed by atoms with E-state index < -0.39 is 0 Å². The van der Waals surface area contributed by atoms with Crippen LogP contribution in [0.15, 0.2) is 0 Å². The third kappa shape index (κ3) is 2.28. The molecule has 0 saturated heterocycles. The Morgan fingerprint density at radius 3 is 2.22 bits per heavy atom. The number of carbonyl (C=O) groups is 1. The molecule has 1 amide bonds. The lowest BCUT2D eigenvalue weighted by atomic mass is 9.49. The maximum Gasteiger partial charge on any atom is 0.220 e. The largest absolute Gasteiger partial charge is 0.355 e. The molecule has 0 heterocycles. The van der Waals surface area contributed by atoms with Crippen molar-refractivity contribution in [3.05, 3.63) is 0 Å². The van der Waals surface area contributed by atoms with E-state index in [0.717, 1.165) is 24.2 Å². The fraction of sp³-hybridized carbons (Fsp3) is 0.812. The fourth-order valence-corrected chi connectivity index (χ4v) is 5.18. The summed E-state index contributed by atoms with van der Waals surface area (Å²) in [6.45, 7) is 0.641. The molecule has 4 aliphatic rings. The van der Waals surface area contributed by atoms with Crippen molar-refractivity contribution < 1.29 is 4.79 Å². The molecule has 0 unspecified atom stereocenters. The van der Waals surface area contributed by atoms with Gasteiger partial charge in [-0.3, -0.25) is 4.79 Å². The minimum atomic E-state index is 0.229. The van der Waals surface area contributed by atoms with E-state index in [4.69, 9.17) is 6.42 Å². The van der Waals surface area contributed by atoms with E-state index in [2.05, 4.69) is 11.2 Å². The van der Waals surface area contributed by atoms with Gasteiger partial charge in [-0.1, -0.05) is 0 Å². The van der Waals surface area contributed by atoms with E-state index in [1.165, 1.54) is 38.5 Å². The third-order valence-corrected chi connectivity index (χ3v) is 5.29. The number of terminal acetylenes is 1. The highest BCUT2D eigenvalue weighted by atomic mass is 16.1. The molecule has 0 aromatic rings. The number of hydrogen-bond acceptors (Lipinski definition) is 1. The number of hydrogen-bond donors (Lipinski definition) is 1. The Hall–Kier alpha value is -0.970. The van der Waals surface area contributed by atoms with Crippen LogP contribution in [0.1, 0.15) is 51.4 Å². The molecule has 0 spiro atoms. The molecule has 0 aliphatic heterocycles. The second-order valence-corrected chi connectivity index (χ2v) is 6.90. The van der Waals surface area contributed by atoms with Crippen LogP contribution in [0.4, 0.5) is 0 Å². The summed E-state index contributed by atoms with van der Waals surface area (Å²) in [5.74, 6) is 5.57. The first kappa shape index (κ1) is 12.1. The predicted octanol–water partition coefficient (Wildman–Crippen LogP) is 2.73. The lowest BCUT2D eigenvalue weighted by Crippen LogP contribution is -2.48. The maximum absolute atomic E-state index is 12.0. The van der Waals surface area contributed by atoms with Gasteiger partial charge in [-0.15, -0.1) is 12.3 Å². The molecule has 4 aliphatic carbocycles. The molecular weight excluding hydrogens is 222 g/mol. The molecule has 4 saturated carbocycles. The van der Waals surface area contributed by atoms with Crippen LogP contribution < -0.4 is 5.32 Å². The molecule has 98 valence electrons. The summed E-state index contributed by atoms with van der Waals surface area (Å²) < 4.78 is 0. The zero-order valence-corrected chi connectivity index (χ0v) is 11.1. The molecule has 2 nitrogen and oxygen atoms in total. The van der Waals surface area contributed by atoms with Crippen LogP contribution in [0.5, 0.6) is 0 Å². The van der Waals surface area contributed by atoms with Crippen molar-refractivity contribution in [2.45, 2.75) is 51.4 Å². The van der Waals surface area contributed by atoms with Crippen LogP contribution >= 0.6 is 0 Å². The quantitative estimate of drug-likeness (QED) is 0.599. The Labute approximate surface area is 110 Å². The molecule has 0 radical (unpaired) electrons. The minimum Gasteiger partial charge on any atom is -0.355 e. The first-order chi connectivity index (χ1) is 8.69. The van der Waals surface area contributed by atoms with Crippen LogP contribution in [-0.4, -0.2) is 12.5 Å². The Morgan fingerprint density at radius 2 is 1.72 bits per heavy atom. The van der Waals surface area contributed by atoms with Gasteiger partial charge in [0.1, 0.15) is 0 Å². The molecule has 4 bridgehead atoms. The van der Waals surface area contributed by atoms with Gasteiger partial charge in [0, 0.05) is 19.4 Å². The average molecular weight is 245 g/mol. The highest BCUT2D eigenvalue weighted by molar-refractivity contribution is 5.76. The highest BCUT2D eigenvalue weighted by Crippen LogP contribution is 2.61. The van der Waals surface area contributed by atoms with Crippen LogP contribution in [0.2, 0.25) is 0 Å². The van der Waals surface area contributed by atoms with Gasteiger partial charge in [0.15, 0.2) is 0 Å². The van der Waals surface area contributed by atoms with E-state index in [1.807, 2.05) is 0 Å². The van der Waals surface area contributed by atoms with Crippen LogP contribution in [0.25, 0.3) is 0 Å². The average Bonchev–Trinajstić information content (AvgIpc) is 2.26. The second kappa shape index (κ2) is 4.61. The topological polar surface area (TPSA) is 29.1 Å². The summed E-state index contributed by atoms with van der Waals surface area (Å²) >= 11 is 0. The van der Waals surface area contributed by atoms with Crippen LogP contribution in [0.3, 0.4) is 0 Å². The summed E-state index contributed by atoms with van der Waals surface area (Å²) in [5, 5.41) is 2.98. The van der Waals surface area contributed by atoms with Gasteiger partial charge >= 0.3 is 0 Å². The molecule has 4 fully saturated rings. The zero-order valence-electron chi connectivity index (χ0n) is 11.1. The molecule has 2 heteroatoms. The number of amides is 1. The van der Waals surface area contributed by atoms with Crippen molar-refractivity contribution in [2.24, 2.45) is 23.2 Å². The third-order valence-electron chi connectivity index (χ3n) is 5.29. The normalized spacial score (nSPS) is 40.5. The fourth-order valence-electron chi connectivity index (χ4n) is 5.18. The summed E-state index contributed by atoms with van der Waals surface area (Å²) in [6.07, 6.45) is 14.8. The van der Waals surface area contributed by atoms with Crippen molar-refractivity contribution in [3.63, 3.8) is 0 Å². The first-order valence-corrected chi connectivity index (χ1v) is 7.39. The number of rotatable bonds is 4. The Morgan fingerprint density at radius 1 is 1.17 bits per heavy atom. The molecule has 1 N–H and O–H groups in total. The lowest BCUT2D eigenvalue weighted by molar-refractivity contribution is -0.129. The monoisotopic (exact) mass is 245 g/mol. The molecule has 0 aromatic heterocycles. The molecule has 4 rings (SSSR count). The summed E-state index contributed by atoms with van der Waals surface area (Å²) in [5.41, 5.74) is 0.356. The van der Waals surface area contributed by atoms with Crippen molar-refractivity contribution in [1.82, 2.24) is 5.32 Å². The smallest absolute Gasteiger partial charge is 0.220 e. The van der Waals surface area contributed by atoms with Crippen molar-refractivity contribution >= 4 is 5.91 Å².